The summed E-state index contributed by atoms with van der Waals surface area (Å²) in [6.45, 7) is 5.37. The number of amides is 1. The number of ether oxygens (including phenoxy) is 2. The maximum Gasteiger partial charge on any atom is 0.276 e. The molecule has 26 heavy (non-hydrogen) atoms. The first-order valence-electron chi connectivity index (χ1n) is 7.95. The van der Waals surface area contributed by atoms with E-state index in [1.54, 1.807) is 6.07 Å². The Kier molecular flexibility index (Phi) is 6.88. The lowest BCUT2D eigenvalue weighted by Gasteiger charge is -2.19. The molecule has 9 heteroatoms. The van der Waals surface area contributed by atoms with Gasteiger partial charge in [-0.3, -0.25) is 4.79 Å². The largest absolute Gasteiger partial charge is 0.495 e. The minimum atomic E-state index is -0.495. The van der Waals surface area contributed by atoms with E-state index in [9.17, 15) is 4.79 Å². The van der Waals surface area contributed by atoms with E-state index >= 15 is 0 Å². The van der Waals surface area contributed by atoms with Gasteiger partial charge in [0, 0.05) is 19.2 Å². The number of aromatic nitrogens is 2. The summed E-state index contributed by atoms with van der Waals surface area (Å²) in [5.41, 5.74) is 0.444. The summed E-state index contributed by atoms with van der Waals surface area (Å²) in [5.74, 6) is 0.772. The highest BCUT2D eigenvalue weighted by atomic mass is 35.5. The van der Waals surface area contributed by atoms with Crippen LogP contribution in [0.3, 0.4) is 0 Å². The third-order valence-electron chi connectivity index (χ3n) is 3.71. The molecule has 0 aliphatic heterocycles. The second-order valence-electron chi connectivity index (χ2n) is 5.18. The van der Waals surface area contributed by atoms with Gasteiger partial charge in [0.2, 0.25) is 5.95 Å². The van der Waals surface area contributed by atoms with Crippen LogP contribution in [0.2, 0.25) is 10.0 Å². The average Bonchev–Trinajstić information content (AvgIpc) is 2.64. The van der Waals surface area contributed by atoms with Gasteiger partial charge in [0.15, 0.2) is 5.69 Å². The van der Waals surface area contributed by atoms with Crippen LogP contribution in [0.15, 0.2) is 18.3 Å². The van der Waals surface area contributed by atoms with E-state index in [0.29, 0.717) is 41.2 Å². The topological polar surface area (TPSA) is 76.6 Å². The molecule has 1 aromatic heterocycles. The molecule has 0 aliphatic carbocycles. The predicted octanol–water partition coefficient (Wildman–Crippen LogP) is 3.90. The van der Waals surface area contributed by atoms with Gasteiger partial charge in [0.1, 0.15) is 11.5 Å². The summed E-state index contributed by atoms with van der Waals surface area (Å²) in [5, 5.41) is 3.20. The molecule has 1 aromatic carbocycles. The number of carbonyl (C=O) groups excluding carboxylic acids is 1. The Labute approximate surface area is 162 Å². The first kappa shape index (κ1) is 20.1. The second-order valence-corrected chi connectivity index (χ2v) is 5.99. The number of benzene rings is 1. The van der Waals surface area contributed by atoms with Crippen molar-refractivity contribution in [1.29, 1.82) is 0 Å². The van der Waals surface area contributed by atoms with Crippen molar-refractivity contribution < 1.29 is 14.3 Å². The van der Waals surface area contributed by atoms with Crippen molar-refractivity contribution in [1.82, 2.24) is 9.97 Å². The van der Waals surface area contributed by atoms with Crippen molar-refractivity contribution in [2.75, 3.05) is 37.5 Å². The van der Waals surface area contributed by atoms with Crippen molar-refractivity contribution in [3.8, 4) is 11.5 Å². The van der Waals surface area contributed by atoms with E-state index in [4.69, 9.17) is 32.7 Å². The lowest BCUT2D eigenvalue weighted by atomic mass is 10.2. The lowest BCUT2D eigenvalue weighted by Crippen LogP contribution is -2.25. The van der Waals surface area contributed by atoms with E-state index in [-0.39, 0.29) is 10.7 Å². The SMILES string of the molecule is CCN(CC)c1ncc(Cl)c(C(=O)Nc2cc(Cl)c(OC)cc2OC)n1. The third kappa shape index (κ3) is 4.28. The smallest absolute Gasteiger partial charge is 0.276 e. The van der Waals surface area contributed by atoms with Gasteiger partial charge in [-0.25, -0.2) is 9.97 Å². The number of nitrogens with one attached hydrogen (secondary N) is 1. The number of hydrogen-bond donors (Lipinski definition) is 1. The van der Waals surface area contributed by atoms with Crippen LogP contribution < -0.4 is 19.7 Å². The Morgan fingerprint density at radius 1 is 1.12 bits per heavy atom. The molecule has 0 saturated carbocycles. The van der Waals surface area contributed by atoms with Crippen LogP contribution >= 0.6 is 23.2 Å². The van der Waals surface area contributed by atoms with E-state index in [2.05, 4.69) is 15.3 Å². The molecule has 7 nitrogen and oxygen atoms in total. The van der Waals surface area contributed by atoms with Gasteiger partial charge in [-0.05, 0) is 19.9 Å². The van der Waals surface area contributed by atoms with Gasteiger partial charge >= 0.3 is 0 Å². The summed E-state index contributed by atoms with van der Waals surface area (Å²) >= 11 is 12.3. The molecular weight excluding hydrogens is 379 g/mol. The van der Waals surface area contributed by atoms with Crippen molar-refractivity contribution in [3.63, 3.8) is 0 Å². The molecule has 0 spiro atoms. The molecule has 2 aromatic rings. The lowest BCUT2D eigenvalue weighted by molar-refractivity contribution is 0.102. The van der Waals surface area contributed by atoms with E-state index in [1.807, 2.05) is 18.7 Å². The Hall–Kier alpha value is -2.25. The van der Waals surface area contributed by atoms with E-state index in [0.717, 1.165) is 0 Å². The standard InChI is InChI=1S/C17H20Cl2N4O3/c1-5-23(6-2)17-20-9-11(19)15(22-17)16(24)21-12-7-10(18)13(25-3)8-14(12)26-4/h7-9H,5-6H2,1-4H3,(H,21,24). The zero-order valence-electron chi connectivity index (χ0n) is 15.0. The van der Waals surface area contributed by atoms with Crippen molar-refractivity contribution >= 4 is 40.7 Å². The summed E-state index contributed by atoms with van der Waals surface area (Å²) in [6, 6.07) is 3.12. The number of rotatable bonds is 7. The minimum absolute atomic E-state index is 0.0672. The van der Waals surface area contributed by atoms with Gasteiger partial charge in [0.05, 0.1) is 36.1 Å². The Balaban J connectivity index is 2.36. The average molecular weight is 399 g/mol. The molecule has 1 heterocycles. The molecule has 0 fully saturated rings. The molecule has 0 saturated heterocycles. The maximum atomic E-state index is 12.7. The van der Waals surface area contributed by atoms with Crippen LogP contribution in [0.25, 0.3) is 0 Å². The molecule has 2 rings (SSSR count). The molecule has 0 atom stereocenters. The molecule has 1 N–H and O–H groups in total. The Bertz CT molecular complexity index is 798. The van der Waals surface area contributed by atoms with Crippen LogP contribution in [0.1, 0.15) is 24.3 Å². The highest BCUT2D eigenvalue weighted by Crippen LogP contribution is 2.36. The molecular formula is C17H20Cl2N4O3. The maximum absolute atomic E-state index is 12.7. The van der Waals surface area contributed by atoms with Crippen molar-refractivity contribution in [3.05, 3.63) is 34.1 Å². The molecule has 0 bridgehead atoms. The van der Waals surface area contributed by atoms with E-state index < -0.39 is 5.91 Å². The molecule has 0 unspecified atom stereocenters. The fourth-order valence-corrected chi connectivity index (χ4v) is 2.73. The fourth-order valence-electron chi connectivity index (χ4n) is 2.32. The second kappa shape index (κ2) is 8.91. The van der Waals surface area contributed by atoms with Crippen LogP contribution in [0.4, 0.5) is 11.6 Å². The highest BCUT2D eigenvalue weighted by molar-refractivity contribution is 6.34. The summed E-state index contributed by atoms with van der Waals surface area (Å²) in [6.07, 6.45) is 1.41. The summed E-state index contributed by atoms with van der Waals surface area (Å²) in [4.78, 5) is 23.1. The zero-order valence-corrected chi connectivity index (χ0v) is 16.5. The van der Waals surface area contributed by atoms with Crippen molar-refractivity contribution in [2.24, 2.45) is 0 Å². The first-order chi connectivity index (χ1) is 12.4. The number of carbonyl (C=O) groups is 1. The Morgan fingerprint density at radius 2 is 1.77 bits per heavy atom. The van der Waals surface area contributed by atoms with E-state index in [1.165, 1.54) is 26.5 Å². The fraction of sp³-hybridized carbons (Fsp3) is 0.353. The van der Waals surface area contributed by atoms with Gasteiger partial charge in [-0.15, -0.1) is 0 Å². The molecule has 0 aliphatic rings. The molecule has 140 valence electrons. The van der Waals surface area contributed by atoms with Gasteiger partial charge in [0.25, 0.3) is 5.91 Å². The molecule has 0 radical (unpaired) electrons. The van der Waals surface area contributed by atoms with Crippen LogP contribution in [-0.2, 0) is 0 Å². The van der Waals surface area contributed by atoms with Crippen molar-refractivity contribution in [2.45, 2.75) is 13.8 Å². The zero-order chi connectivity index (χ0) is 19.3. The summed E-state index contributed by atoms with van der Waals surface area (Å²) in [7, 11) is 2.97. The van der Waals surface area contributed by atoms with Crippen LogP contribution in [0, 0.1) is 0 Å². The predicted molar refractivity (Wildman–Crippen MR) is 103 cm³/mol. The Morgan fingerprint density at radius 3 is 2.35 bits per heavy atom. The number of anilines is 2. The number of halogens is 2. The first-order valence-corrected chi connectivity index (χ1v) is 8.71. The normalized spacial score (nSPS) is 10.4. The van der Waals surface area contributed by atoms with Gasteiger partial charge in [-0.2, -0.15) is 0 Å². The van der Waals surface area contributed by atoms with Crippen LogP contribution in [0.5, 0.6) is 11.5 Å². The minimum Gasteiger partial charge on any atom is -0.495 e. The third-order valence-corrected chi connectivity index (χ3v) is 4.29. The number of nitrogens with zero attached hydrogens (tertiary/aromatic N) is 3. The number of hydrogen-bond acceptors (Lipinski definition) is 6. The van der Waals surface area contributed by atoms with Gasteiger partial charge in [-0.1, -0.05) is 23.2 Å². The monoisotopic (exact) mass is 398 g/mol. The van der Waals surface area contributed by atoms with Crippen LogP contribution in [-0.4, -0.2) is 43.2 Å². The molecule has 1 amide bonds. The summed E-state index contributed by atoms with van der Waals surface area (Å²) < 4.78 is 10.4. The van der Waals surface area contributed by atoms with Gasteiger partial charge < -0.3 is 19.7 Å². The quantitative estimate of drug-likeness (QED) is 0.761. The highest BCUT2D eigenvalue weighted by Gasteiger charge is 2.19. The number of methoxy groups -OCH3 is 2.